The van der Waals surface area contributed by atoms with Crippen LogP contribution in [-0.2, 0) is 22.7 Å². The van der Waals surface area contributed by atoms with Gasteiger partial charge in [-0.3, -0.25) is 0 Å². The molecule has 3 nitrogen and oxygen atoms in total. The third kappa shape index (κ3) is 5.34. The summed E-state index contributed by atoms with van der Waals surface area (Å²) in [5.74, 6) is 2.47. The average molecular weight is 296 g/mol. The van der Waals surface area contributed by atoms with E-state index in [-0.39, 0.29) is 6.61 Å². The van der Waals surface area contributed by atoms with E-state index in [1.807, 2.05) is 60.7 Å². The lowest BCUT2D eigenvalue weighted by Gasteiger charge is -2.19. The van der Waals surface area contributed by atoms with E-state index in [0.29, 0.717) is 13.2 Å². The van der Waals surface area contributed by atoms with Crippen molar-refractivity contribution in [2.24, 2.45) is 0 Å². The molecule has 0 fully saturated rings. The summed E-state index contributed by atoms with van der Waals surface area (Å²) in [5.41, 5.74) is 2.07. The molecule has 0 aliphatic heterocycles. The van der Waals surface area contributed by atoms with Crippen molar-refractivity contribution in [1.29, 1.82) is 0 Å². The van der Waals surface area contributed by atoms with E-state index in [0.717, 1.165) is 11.1 Å². The van der Waals surface area contributed by atoms with Crippen molar-refractivity contribution in [3.05, 3.63) is 71.8 Å². The van der Waals surface area contributed by atoms with Crippen LogP contribution in [0.5, 0.6) is 0 Å². The Morgan fingerprint density at radius 3 is 2.00 bits per heavy atom. The normalized spacial score (nSPS) is 13.3. The van der Waals surface area contributed by atoms with Gasteiger partial charge in [-0.15, -0.1) is 6.42 Å². The van der Waals surface area contributed by atoms with Crippen molar-refractivity contribution in [2.45, 2.75) is 25.4 Å². The van der Waals surface area contributed by atoms with E-state index in [1.165, 1.54) is 0 Å². The molecule has 0 heterocycles. The first-order chi connectivity index (χ1) is 10.8. The molecular weight excluding hydrogens is 276 g/mol. The van der Waals surface area contributed by atoms with Crippen LogP contribution in [0.25, 0.3) is 0 Å². The zero-order chi connectivity index (χ0) is 15.6. The highest BCUT2D eigenvalue weighted by atomic mass is 16.5. The Hall–Kier alpha value is -2.12. The van der Waals surface area contributed by atoms with Crippen molar-refractivity contribution in [3.63, 3.8) is 0 Å². The monoisotopic (exact) mass is 296 g/mol. The van der Waals surface area contributed by atoms with Gasteiger partial charge in [0.1, 0.15) is 12.2 Å². The van der Waals surface area contributed by atoms with Gasteiger partial charge < -0.3 is 14.6 Å². The first-order valence-corrected chi connectivity index (χ1v) is 7.21. The summed E-state index contributed by atoms with van der Waals surface area (Å²) in [6.07, 6.45) is 3.90. The predicted octanol–water partition coefficient (Wildman–Crippen LogP) is 2.78. The third-order valence-corrected chi connectivity index (χ3v) is 3.19. The van der Waals surface area contributed by atoms with Crippen LogP contribution in [0.1, 0.15) is 11.1 Å². The Balaban J connectivity index is 1.74. The molecule has 0 aliphatic carbocycles. The highest BCUT2D eigenvalue weighted by molar-refractivity contribution is 5.14. The molecule has 0 unspecified atom stereocenters. The lowest BCUT2D eigenvalue weighted by Crippen LogP contribution is -2.31. The minimum Gasteiger partial charge on any atom is -0.387 e. The smallest absolute Gasteiger partial charge is 0.146 e. The number of ether oxygens (including phenoxy) is 2. The molecule has 2 aromatic carbocycles. The van der Waals surface area contributed by atoms with E-state index in [2.05, 4.69) is 5.92 Å². The molecule has 0 aromatic heterocycles. The largest absolute Gasteiger partial charge is 0.387 e. The Kier molecular flexibility index (Phi) is 6.66. The van der Waals surface area contributed by atoms with Crippen molar-refractivity contribution in [3.8, 4) is 12.3 Å². The number of hydrogen-bond donors (Lipinski definition) is 1. The Bertz CT molecular complexity index is 575. The first-order valence-electron chi connectivity index (χ1n) is 7.21. The quantitative estimate of drug-likeness (QED) is 0.761. The number of aliphatic hydroxyl groups excluding tert-OH is 1. The highest BCUT2D eigenvalue weighted by Gasteiger charge is 2.17. The molecule has 3 heteroatoms. The predicted molar refractivity (Wildman–Crippen MR) is 86.0 cm³/mol. The Morgan fingerprint density at radius 2 is 1.45 bits per heavy atom. The van der Waals surface area contributed by atoms with Gasteiger partial charge in [0.2, 0.25) is 0 Å². The van der Waals surface area contributed by atoms with Crippen LogP contribution < -0.4 is 0 Å². The van der Waals surface area contributed by atoms with Gasteiger partial charge >= 0.3 is 0 Å². The van der Waals surface area contributed by atoms with Crippen LogP contribution in [0.15, 0.2) is 60.7 Å². The minimum absolute atomic E-state index is 0.137. The lowest BCUT2D eigenvalue weighted by atomic mass is 10.2. The van der Waals surface area contributed by atoms with Gasteiger partial charge in [0, 0.05) is 0 Å². The second kappa shape index (κ2) is 9.01. The van der Waals surface area contributed by atoms with E-state index < -0.39 is 12.2 Å². The van der Waals surface area contributed by atoms with Gasteiger partial charge in [-0.25, -0.2) is 0 Å². The van der Waals surface area contributed by atoms with Crippen LogP contribution in [-0.4, -0.2) is 23.9 Å². The summed E-state index contributed by atoms with van der Waals surface area (Å²) in [4.78, 5) is 0. The van der Waals surface area contributed by atoms with Gasteiger partial charge in [-0.1, -0.05) is 66.6 Å². The molecule has 0 radical (unpaired) electrons. The molecule has 0 bridgehead atoms. The van der Waals surface area contributed by atoms with E-state index in [1.54, 1.807) is 0 Å². The van der Waals surface area contributed by atoms with Crippen molar-refractivity contribution in [1.82, 2.24) is 0 Å². The van der Waals surface area contributed by atoms with Gasteiger partial charge in [-0.2, -0.15) is 0 Å². The van der Waals surface area contributed by atoms with E-state index in [9.17, 15) is 5.11 Å². The lowest BCUT2D eigenvalue weighted by molar-refractivity contribution is -0.0562. The van der Waals surface area contributed by atoms with Crippen molar-refractivity contribution < 1.29 is 14.6 Å². The fourth-order valence-electron chi connectivity index (χ4n) is 1.99. The van der Waals surface area contributed by atoms with Crippen LogP contribution in [0.3, 0.4) is 0 Å². The number of hydrogen-bond acceptors (Lipinski definition) is 3. The molecule has 22 heavy (non-hydrogen) atoms. The standard InChI is InChI=1S/C19H20O3/c1-2-19(22-14-17-11-7-4-8-12-17)18(20)15-21-13-16-9-5-3-6-10-16/h1,3-12,18-20H,13-15H2/t18-,19+/m1/s1. The number of aliphatic hydroxyl groups is 1. The molecule has 0 spiro atoms. The van der Waals surface area contributed by atoms with E-state index in [4.69, 9.17) is 15.9 Å². The Morgan fingerprint density at radius 1 is 0.909 bits per heavy atom. The van der Waals surface area contributed by atoms with Gasteiger partial charge in [0.05, 0.1) is 19.8 Å². The van der Waals surface area contributed by atoms with Gasteiger partial charge in [0.15, 0.2) is 0 Å². The number of terminal acetylenes is 1. The first kappa shape index (κ1) is 16.3. The zero-order valence-electron chi connectivity index (χ0n) is 12.4. The highest BCUT2D eigenvalue weighted by Crippen LogP contribution is 2.08. The maximum Gasteiger partial charge on any atom is 0.146 e. The summed E-state index contributed by atoms with van der Waals surface area (Å²) in [7, 11) is 0. The molecular formula is C19H20O3. The summed E-state index contributed by atoms with van der Waals surface area (Å²) in [6, 6.07) is 19.5. The van der Waals surface area contributed by atoms with Crippen molar-refractivity contribution in [2.75, 3.05) is 6.61 Å². The molecule has 0 saturated heterocycles. The van der Waals surface area contributed by atoms with Crippen LogP contribution in [0, 0.1) is 12.3 Å². The second-order valence-corrected chi connectivity index (χ2v) is 4.95. The number of benzene rings is 2. The zero-order valence-corrected chi connectivity index (χ0v) is 12.4. The summed E-state index contributed by atoms with van der Waals surface area (Å²) in [6.45, 7) is 0.942. The maximum absolute atomic E-state index is 10.1. The van der Waals surface area contributed by atoms with Gasteiger partial charge in [0.25, 0.3) is 0 Å². The van der Waals surface area contributed by atoms with Crippen molar-refractivity contribution >= 4 is 0 Å². The molecule has 0 amide bonds. The number of rotatable bonds is 8. The topological polar surface area (TPSA) is 38.7 Å². The molecule has 2 atom stereocenters. The molecule has 2 rings (SSSR count). The molecule has 0 saturated carbocycles. The third-order valence-electron chi connectivity index (χ3n) is 3.19. The molecule has 2 aromatic rings. The second-order valence-electron chi connectivity index (χ2n) is 4.95. The summed E-state index contributed by atoms with van der Waals surface area (Å²) < 4.78 is 11.1. The summed E-state index contributed by atoms with van der Waals surface area (Å²) >= 11 is 0. The van der Waals surface area contributed by atoms with Crippen LogP contribution >= 0.6 is 0 Å². The minimum atomic E-state index is -0.850. The maximum atomic E-state index is 10.1. The SMILES string of the molecule is C#C[C@H](OCc1ccccc1)[C@H](O)COCc1ccccc1. The van der Waals surface area contributed by atoms with Crippen LogP contribution in [0.4, 0.5) is 0 Å². The molecule has 0 aliphatic rings. The average Bonchev–Trinajstić information content (AvgIpc) is 2.57. The van der Waals surface area contributed by atoms with Gasteiger partial charge in [-0.05, 0) is 11.1 Å². The fraction of sp³-hybridized carbons (Fsp3) is 0.263. The molecule has 114 valence electrons. The summed E-state index contributed by atoms with van der Waals surface area (Å²) in [5, 5.41) is 10.1. The fourth-order valence-corrected chi connectivity index (χ4v) is 1.99. The van der Waals surface area contributed by atoms with Crippen LogP contribution in [0.2, 0.25) is 0 Å². The van der Waals surface area contributed by atoms with E-state index >= 15 is 0 Å². The Labute approximate surface area is 131 Å². The molecule has 1 N–H and O–H groups in total.